The van der Waals surface area contributed by atoms with Crippen molar-refractivity contribution in [3.05, 3.63) is 54.1 Å². The van der Waals surface area contributed by atoms with Gasteiger partial charge >= 0.3 is 0 Å². The number of rotatable bonds is 4. The molecule has 2 N–H and O–H groups in total. The van der Waals surface area contributed by atoms with Gasteiger partial charge in [0.25, 0.3) is 5.91 Å². The molecule has 1 heterocycles. The molecule has 1 saturated carbocycles. The molecule has 1 fully saturated rings. The molecule has 4 nitrogen and oxygen atoms in total. The van der Waals surface area contributed by atoms with Crippen LogP contribution >= 0.6 is 0 Å². The number of carbonyl (C=O) groups is 1. The van der Waals surface area contributed by atoms with Crippen molar-refractivity contribution >= 4 is 17.3 Å². The Morgan fingerprint density at radius 2 is 2.05 bits per heavy atom. The lowest BCUT2D eigenvalue weighted by Gasteiger charge is -2.08. The molecule has 2 aromatic rings. The highest BCUT2D eigenvalue weighted by Crippen LogP contribution is 2.21. The van der Waals surface area contributed by atoms with Crippen LogP contribution in [-0.2, 0) is 0 Å². The first kappa shape index (κ1) is 12.6. The Morgan fingerprint density at radius 3 is 2.80 bits per heavy atom. The second-order valence-corrected chi connectivity index (χ2v) is 4.78. The third-order valence-corrected chi connectivity index (χ3v) is 3.06. The summed E-state index contributed by atoms with van der Waals surface area (Å²) in [6, 6.07) is 9.98. The molecule has 0 saturated heterocycles. The van der Waals surface area contributed by atoms with Crippen LogP contribution in [0.1, 0.15) is 23.3 Å². The first-order valence-corrected chi connectivity index (χ1v) is 6.51. The number of carbonyl (C=O) groups excluding carboxylic acids is 1. The van der Waals surface area contributed by atoms with Crippen LogP contribution in [-0.4, -0.2) is 16.9 Å². The van der Waals surface area contributed by atoms with Gasteiger partial charge in [0.2, 0.25) is 0 Å². The summed E-state index contributed by atoms with van der Waals surface area (Å²) in [5, 5.41) is 5.81. The SMILES string of the molecule is O=C(NC1CC1)c1cc(Nc2ccccc2F)ccn1. The number of amides is 1. The minimum Gasteiger partial charge on any atom is -0.353 e. The number of benzene rings is 1. The van der Waals surface area contributed by atoms with Crippen molar-refractivity contribution < 1.29 is 9.18 Å². The molecule has 1 amide bonds. The van der Waals surface area contributed by atoms with Crippen molar-refractivity contribution in [2.24, 2.45) is 0 Å². The van der Waals surface area contributed by atoms with Crippen LogP contribution < -0.4 is 10.6 Å². The largest absolute Gasteiger partial charge is 0.353 e. The Labute approximate surface area is 116 Å². The predicted molar refractivity (Wildman–Crippen MR) is 74.4 cm³/mol. The van der Waals surface area contributed by atoms with Gasteiger partial charge in [-0.1, -0.05) is 12.1 Å². The molecule has 5 heteroatoms. The van der Waals surface area contributed by atoms with Crippen molar-refractivity contribution in [1.82, 2.24) is 10.3 Å². The van der Waals surface area contributed by atoms with Gasteiger partial charge in [-0.05, 0) is 37.1 Å². The van der Waals surface area contributed by atoms with Crippen LogP contribution in [0, 0.1) is 5.82 Å². The van der Waals surface area contributed by atoms with Crippen molar-refractivity contribution in [3.8, 4) is 0 Å². The first-order valence-electron chi connectivity index (χ1n) is 6.51. The first-order chi connectivity index (χ1) is 9.72. The summed E-state index contributed by atoms with van der Waals surface area (Å²) < 4.78 is 13.6. The van der Waals surface area contributed by atoms with Gasteiger partial charge in [-0.25, -0.2) is 4.39 Å². The molecule has 0 bridgehead atoms. The Bertz CT molecular complexity index is 641. The maximum absolute atomic E-state index is 13.6. The molecule has 1 aliphatic carbocycles. The average molecular weight is 271 g/mol. The molecule has 0 radical (unpaired) electrons. The van der Waals surface area contributed by atoms with E-state index in [2.05, 4.69) is 15.6 Å². The number of pyridine rings is 1. The highest BCUT2D eigenvalue weighted by molar-refractivity contribution is 5.93. The molecule has 20 heavy (non-hydrogen) atoms. The van der Waals surface area contributed by atoms with E-state index in [0.29, 0.717) is 17.1 Å². The quantitative estimate of drug-likeness (QED) is 0.899. The number of hydrogen-bond donors (Lipinski definition) is 2. The van der Waals surface area contributed by atoms with E-state index in [1.807, 2.05) is 0 Å². The Kier molecular flexibility index (Phi) is 3.33. The van der Waals surface area contributed by atoms with Gasteiger partial charge in [0.15, 0.2) is 0 Å². The van der Waals surface area contributed by atoms with Crippen molar-refractivity contribution in [1.29, 1.82) is 0 Å². The van der Waals surface area contributed by atoms with Crippen LogP contribution in [0.3, 0.4) is 0 Å². The standard InChI is InChI=1S/C15H14FN3O/c16-12-3-1-2-4-13(12)18-11-7-8-17-14(9-11)15(20)19-10-5-6-10/h1-4,7-10H,5-6H2,(H,17,18)(H,19,20). The number of aromatic nitrogens is 1. The molecule has 1 aromatic carbocycles. The number of nitrogens with one attached hydrogen (secondary N) is 2. The number of para-hydroxylation sites is 1. The maximum atomic E-state index is 13.6. The summed E-state index contributed by atoms with van der Waals surface area (Å²) in [4.78, 5) is 15.9. The van der Waals surface area contributed by atoms with E-state index >= 15 is 0 Å². The van der Waals surface area contributed by atoms with Crippen LogP contribution in [0.5, 0.6) is 0 Å². The van der Waals surface area contributed by atoms with Gasteiger partial charge in [-0.3, -0.25) is 9.78 Å². The molecule has 1 aliphatic rings. The van der Waals surface area contributed by atoms with Gasteiger partial charge in [0, 0.05) is 17.9 Å². The summed E-state index contributed by atoms with van der Waals surface area (Å²) in [6.45, 7) is 0. The van der Waals surface area contributed by atoms with Crippen molar-refractivity contribution in [2.75, 3.05) is 5.32 Å². The molecule has 3 rings (SSSR count). The fraction of sp³-hybridized carbons (Fsp3) is 0.200. The average Bonchev–Trinajstić information content (AvgIpc) is 3.26. The summed E-state index contributed by atoms with van der Waals surface area (Å²) in [5.74, 6) is -0.530. The van der Waals surface area contributed by atoms with E-state index in [1.54, 1.807) is 30.3 Å². The Morgan fingerprint density at radius 1 is 1.25 bits per heavy atom. The molecular weight excluding hydrogens is 257 g/mol. The van der Waals surface area contributed by atoms with Crippen LogP contribution in [0.2, 0.25) is 0 Å². The van der Waals surface area contributed by atoms with E-state index in [0.717, 1.165) is 12.8 Å². The highest BCUT2D eigenvalue weighted by Gasteiger charge is 2.24. The van der Waals surface area contributed by atoms with Crippen molar-refractivity contribution in [2.45, 2.75) is 18.9 Å². The maximum Gasteiger partial charge on any atom is 0.270 e. The zero-order valence-electron chi connectivity index (χ0n) is 10.8. The van der Waals surface area contributed by atoms with E-state index < -0.39 is 0 Å². The summed E-state index contributed by atoms with van der Waals surface area (Å²) in [6.07, 6.45) is 3.59. The Hall–Kier alpha value is -2.43. The van der Waals surface area contributed by atoms with E-state index in [4.69, 9.17) is 0 Å². The predicted octanol–water partition coefficient (Wildman–Crippen LogP) is 2.86. The van der Waals surface area contributed by atoms with Gasteiger partial charge in [0.05, 0.1) is 5.69 Å². The van der Waals surface area contributed by atoms with Crippen LogP contribution in [0.4, 0.5) is 15.8 Å². The van der Waals surface area contributed by atoms with Crippen molar-refractivity contribution in [3.63, 3.8) is 0 Å². The molecule has 0 spiro atoms. The lowest BCUT2D eigenvalue weighted by atomic mass is 10.2. The molecule has 0 atom stereocenters. The molecule has 0 unspecified atom stereocenters. The number of nitrogens with zero attached hydrogens (tertiary/aromatic N) is 1. The van der Waals surface area contributed by atoms with Gasteiger partial charge in [-0.2, -0.15) is 0 Å². The second kappa shape index (κ2) is 5.28. The molecule has 0 aliphatic heterocycles. The summed E-state index contributed by atoms with van der Waals surface area (Å²) in [7, 11) is 0. The summed E-state index contributed by atoms with van der Waals surface area (Å²) in [5.41, 5.74) is 1.33. The zero-order valence-corrected chi connectivity index (χ0v) is 10.8. The van der Waals surface area contributed by atoms with E-state index in [-0.39, 0.29) is 17.8 Å². The van der Waals surface area contributed by atoms with E-state index in [1.165, 1.54) is 12.3 Å². The lowest BCUT2D eigenvalue weighted by Crippen LogP contribution is -2.26. The van der Waals surface area contributed by atoms with Gasteiger partial charge in [0.1, 0.15) is 11.5 Å². The van der Waals surface area contributed by atoms with Crippen LogP contribution in [0.15, 0.2) is 42.6 Å². The fourth-order valence-corrected chi connectivity index (χ4v) is 1.84. The third-order valence-electron chi connectivity index (χ3n) is 3.06. The Balaban J connectivity index is 1.77. The van der Waals surface area contributed by atoms with E-state index in [9.17, 15) is 9.18 Å². The molecule has 102 valence electrons. The minimum absolute atomic E-state index is 0.190. The minimum atomic E-state index is -0.340. The lowest BCUT2D eigenvalue weighted by molar-refractivity contribution is 0.0946. The number of halogens is 1. The molecule has 1 aromatic heterocycles. The zero-order chi connectivity index (χ0) is 13.9. The van der Waals surface area contributed by atoms with Crippen LogP contribution in [0.25, 0.3) is 0 Å². The highest BCUT2D eigenvalue weighted by atomic mass is 19.1. The number of hydrogen-bond acceptors (Lipinski definition) is 3. The summed E-state index contributed by atoms with van der Waals surface area (Å²) >= 11 is 0. The number of anilines is 2. The normalized spacial score (nSPS) is 13.8. The topological polar surface area (TPSA) is 54.0 Å². The van der Waals surface area contributed by atoms with Gasteiger partial charge in [-0.15, -0.1) is 0 Å². The third kappa shape index (κ3) is 2.93. The smallest absolute Gasteiger partial charge is 0.270 e. The molecular formula is C15H14FN3O. The van der Waals surface area contributed by atoms with Gasteiger partial charge < -0.3 is 10.6 Å². The monoisotopic (exact) mass is 271 g/mol. The fourth-order valence-electron chi connectivity index (χ4n) is 1.84. The second-order valence-electron chi connectivity index (χ2n) is 4.78.